The third kappa shape index (κ3) is 5.15. The summed E-state index contributed by atoms with van der Waals surface area (Å²) in [5, 5.41) is 4.40. The Hall–Kier alpha value is -2.25. The van der Waals surface area contributed by atoms with Crippen LogP contribution in [-0.2, 0) is 6.54 Å². The van der Waals surface area contributed by atoms with Crippen LogP contribution in [0.25, 0.3) is 0 Å². The summed E-state index contributed by atoms with van der Waals surface area (Å²) in [5.74, 6) is -0.224. The number of alkyl halides is 3. The largest absolute Gasteiger partial charge is 0.405 e. The number of hydrogen-bond donors (Lipinski definition) is 2. The standard InChI is InChI=1S/C15H18F3N3O2/c1-19-13(22)11-4-2-10(3-5-11)8-21(12-6-7-12)14(23)20-9-15(16,17)18/h2-5,12H,6-9H2,1H3,(H,19,22)(H,20,23). The van der Waals surface area contributed by atoms with Gasteiger partial charge in [-0.05, 0) is 30.5 Å². The van der Waals surface area contributed by atoms with E-state index in [1.807, 2.05) is 5.32 Å². The second-order valence-electron chi connectivity index (χ2n) is 5.41. The molecule has 0 atom stereocenters. The highest BCUT2D eigenvalue weighted by molar-refractivity contribution is 5.93. The van der Waals surface area contributed by atoms with Crippen LogP contribution < -0.4 is 10.6 Å². The quantitative estimate of drug-likeness (QED) is 0.871. The lowest BCUT2D eigenvalue weighted by atomic mass is 10.1. The smallest absolute Gasteiger partial charge is 0.355 e. The SMILES string of the molecule is CNC(=O)c1ccc(CN(C(=O)NCC(F)(F)F)C2CC2)cc1. The summed E-state index contributed by atoms with van der Waals surface area (Å²) in [5.41, 5.74) is 1.24. The minimum Gasteiger partial charge on any atom is -0.355 e. The number of carbonyl (C=O) groups excluding carboxylic acids is 2. The minimum absolute atomic E-state index is 0.0261. The Bertz CT molecular complexity index is 568. The van der Waals surface area contributed by atoms with Crippen LogP contribution in [0.2, 0.25) is 0 Å². The molecule has 1 fully saturated rings. The molecule has 0 unspecified atom stereocenters. The van der Waals surface area contributed by atoms with Gasteiger partial charge >= 0.3 is 12.2 Å². The van der Waals surface area contributed by atoms with Crippen LogP contribution in [0.4, 0.5) is 18.0 Å². The van der Waals surface area contributed by atoms with Crippen molar-refractivity contribution in [3.05, 3.63) is 35.4 Å². The van der Waals surface area contributed by atoms with E-state index in [2.05, 4.69) is 5.32 Å². The molecule has 0 aromatic heterocycles. The summed E-state index contributed by atoms with van der Waals surface area (Å²) in [7, 11) is 1.52. The predicted octanol–water partition coefficient (Wildman–Crippen LogP) is 2.28. The molecule has 126 valence electrons. The Morgan fingerprint density at radius 1 is 1.22 bits per heavy atom. The van der Waals surface area contributed by atoms with Crippen LogP contribution in [0.5, 0.6) is 0 Å². The molecule has 1 saturated carbocycles. The highest BCUT2D eigenvalue weighted by Gasteiger charge is 2.35. The Labute approximate surface area is 131 Å². The van der Waals surface area contributed by atoms with E-state index in [9.17, 15) is 22.8 Å². The molecule has 0 bridgehead atoms. The van der Waals surface area contributed by atoms with Crippen molar-refractivity contribution in [1.82, 2.24) is 15.5 Å². The molecule has 3 amide bonds. The lowest BCUT2D eigenvalue weighted by molar-refractivity contribution is -0.123. The Kier molecular flexibility index (Phi) is 5.12. The first-order chi connectivity index (χ1) is 10.8. The van der Waals surface area contributed by atoms with Crippen molar-refractivity contribution in [3.63, 3.8) is 0 Å². The molecule has 2 rings (SSSR count). The van der Waals surface area contributed by atoms with Crippen molar-refractivity contribution in [2.75, 3.05) is 13.6 Å². The number of carbonyl (C=O) groups is 2. The summed E-state index contributed by atoms with van der Waals surface area (Å²) >= 11 is 0. The molecule has 0 saturated heterocycles. The Balaban J connectivity index is 1.99. The topological polar surface area (TPSA) is 61.4 Å². The van der Waals surface area contributed by atoms with Gasteiger partial charge in [0.2, 0.25) is 0 Å². The second-order valence-corrected chi connectivity index (χ2v) is 5.41. The summed E-state index contributed by atoms with van der Waals surface area (Å²) < 4.78 is 36.6. The molecule has 0 heterocycles. The van der Waals surface area contributed by atoms with Crippen molar-refractivity contribution < 1.29 is 22.8 Å². The number of amides is 3. The highest BCUT2D eigenvalue weighted by Crippen LogP contribution is 2.28. The van der Waals surface area contributed by atoms with Gasteiger partial charge in [0.1, 0.15) is 6.54 Å². The van der Waals surface area contributed by atoms with E-state index in [1.165, 1.54) is 11.9 Å². The van der Waals surface area contributed by atoms with Crippen LogP contribution in [0.3, 0.4) is 0 Å². The number of hydrogen-bond acceptors (Lipinski definition) is 2. The fraction of sp³-hybridized carbons (Fsp3) is 0.467. The first kappa shape index (κ1) is 17.1. The molecule has 8 heteroatoms. The van der Waals surface area contributed by atoms with E-state index in [0.717, 1.165) is 18.4 Å². The fourth-order valence-corrected chi connectivity index (χ4v) is 2.13. The number of nitrogens with zero attached hydrogens (tertiary/aromatic N) is 1. The molecule has 1 aliphatic carbocycles. The second kappa shape index (κ2) is 6.89. The molecule has 0 spiro atoms. The van der Waals surface area contributed by atoms with Crippen LogP contribution >= 0.6 is 0 Å². The van der Waals surface area contributed by atoms with Crippen LogP contribution in [0.1, 0.15) is 28.8 Å². The van der Waals surface area contributed by atoms with Gasteiger partial charge in [0.05, 0.1) is 0 Å². The zero-order valence-electron chi connectivity index (χ0n) is 12.6. The summed E-state index contributed by atoms with van der Waals surface area (Å²) in [6, 6.07) is 5.87. The molecule has 23 heavy (non-hydrogen) atoms. The average Bonchev–Trinajstić information content (AvgIpc) is 3.34. The third-order valence-corrected chi connectivity index (χ3v) is 3.48. The van der Waals surface area contributed by atoms with Crippen molar-refractivity contribution in [3.8, 4) is 0 Å². The highest BCUT2D eigenvalue weighted by atomic mass is 19.4. The van der Waals surface area contributed by atoms with Gasteiger partial charge in [0, 0.05) is 25.2 Å². The molecule has 1 aromatic carbocycles. The fourth-order valence-electron chi connectivity index (χ4n) is 2.13. The number of benzene rings is 1. The van der Waals surface area contributed by atoms with Gasteiger partial charge in [-0.2, -0.15) is 13.2 Å². The molecule has 1 aromatic rings. The van der Waals surface area contributed by atoms with E-state index < -0.39 is 18.8 Å². The maximum Gasteiger partial charge on any atom is 0.405 e. The van der Waals surface area contributed by atoms with Gasteiger partial charge in [0.25, 0.3) is 5.91 Å². The molecular formula is C15H18F3N3O2. The van der Waals surface area contributed by atoms with Gasteiger partial charge in [-0.25, -0.2) is 4.79 Å². The maximum absolute atomic E-state index is 12.2. The first-order valence-corrected chi connectivity index (χ1v) is 7.22. The maximum atomic E-state index is 12.2. The van der Waals surface area contributed by atoms with E-state index in [-0.39, 0.29) is 18.5 Å². The Morgan fingerprint density at radius 3 is 2.30 bits per heavy atom. The van der Waals surface area contributed by atoms with E-state index in [0.29, 0.717) is 5.56 Å². The summed E-state index contributed by atoms with van der Waals surface area (Å²) in [6.45, 7) is -1.13. The minimum atomic E-state index is -4.43. The lowest BCUT2D eigenvalue weighted by Gasteiger charge is -2.23. The van der Waals surface area contributed by atoms with Gasteiger partial charge in [-0.1, -0.05) is 12.1 Å². The van der Waals surface area contributed by atoms with Crippen molar-refractivity contribution >= 4 is 11.9 Å². The number of halogens is 3. The average molecular weight is 329 g/mol. The van der Waals surface area contributed by atoms with Gasteiger partial charge < -0.3 is 15.5 Å². The van der Waals surface area contributed by atoms with Gasteiger partial charge in [-0.3, -0.25) is 4.79 Å². The molecule has 1 aliphatic rings. The van der Waals surface area contributed by atoms with E-state index >= 15 is 0 Å². The third-order valence-electron chi connectivity index (χ3n) is 3.48. The van der Waals surface area contributed by atoms with Crippen LogP contribution in [0.15, 0.2) is 24.3 Å². The molecule has 2 N–H and O–H groups in total. The zero-order valence-corrected chi connectivity index (χ0v) is 12.6. The molecule has 5 nitrogen and oxygen atoms in total. The number of nitrogens with one attached hydrogen (secondary N) is 2. The van der Waals surface area contributed by atoms with E-state index in [1.54, 1.807) is 24.3 Å². The molecule has 0 radical (unpaired) electrons. The zero-order chi connectivity index (χ0) is 17.0. The normalized spacial score (nSPS) is 14.3. The Morgan fingerprint density at radius 2 is 1.83 bits per heavy atom. The number of rotatable bonds is 5. The van der Waals surface area contributed by atoms with Crippen LogP contribution in [-0.4, -0.2) is 42.6 Å². The van der Waals surface area contributed by atoms with Gasteiger partial charge in [-0.15, -0.1) is 0 Å². The van der Waals surface area contributed by atoms with E-state index in [4.69, 9.17) is 0 Å². The molecular weight excluding hydrogens is 311 g/mol. The summed E-state index contributed by atoms with van der Waals surface area (Å²) in [4.78, 5) is 24.8. The van der Waals surface area contributed by atoms with Gasteiger partial charge in [0.15, 0.2) is 0 Å². The number of urea groups is 1. The predicted molar refractivity (Wildman–Crippen MR) is 77.9 cm³/mol. The first-order valence-electron chi connectivity index (χ1n) is 7.22. The van der Waals surface area contributed by atoms with Crippen molar-refractivity contribution in [1.29, 1.82) is 0 Å². The monoisotopic (exact) mass is 329 g/mol. The lowest BCUT2D eigenvalue weighted by Crippen LogP contribution is -2.44. The van der Waals surface area contributed by atoms with Crippen LogP contribution in [0, 0.1) is 0 Å². The van der Waals surface area contributed by atoms with Crippen molar-refractivity contribution in [2.24, 2.45) is 0 Å². The van der Waals surface area contributed by atoms with Crippen molar-refractivity contribution in [2.45, 2.75) is 31.6 Å². The molecule has 0 aliphatic heterocycles. The summed E-state index contributed by atoms with van der Waals surface area (Å²) in [6.07, 6.45) is -2.86.